The molecule has 0 aliphatic carbocycles. The third-order valence-corrected chi connectivity index (χ3v) is 5.29. The first-order valence-corrected chi connectivity index (χ1v) is 10.0. The van der Waals surface area contributed by atoms with E-state index in [1.807, 2.05) is 25.1 Å². The lowest BCUT2D eigenvalue weighted by Crippen LogP contribution is -2.54. The maximum Gasteiger partial charge on any atom is 0.316 e. The van der Waals surface area contributed by atoms with Crippen LogP contribution in [0.15, 0.2) is 36.7 Å². The van der Waals surface area contributed by atoms with Gasteiger partial charge in [-0.3, -0.25) is 9.78 Å². The van der Waals surface area contributed by atoms with E-state index in [0.29, 0.717) is 28.9 Å². The van der Waals surface area contributed by atoms with Gasteiger partial charge in [0.2, 0.25) is 0 Å². The van der Waals surface area contributed by atoms with Crippen LogP contribution < -0.4 is 20.3 Å². The van der Waals surface area contributed by atoms with Crippen LogP contribution in [-0.2, 0) is 0 Å². The summed E-state index contributed by atoms with van der Waals surface area (Å²) in [6, 6.07) is 8.38. The van der Waals surface area contributed by atoms with E-state index in [2.05, 4.69) is 44.3 Å². The van der Waals surface area contributed by atoms with Crippen molar-refractivity contribution in [1.29, 1.82) is 0 Å². The second-order valence-electron chi connectivity index (χ2n) is 7.72. The molecule has 1 aromatic carbocycles. The average molecular weight is 406 g/mol. The molecular formula is C22H26N6O2. The Kier molecular flexibility index (Phi) is 5.50. The highest BCUT2D eigenvalue weighted by atomic mass is 16.5. The zero-order chi connectivity index (χ0) is 21.3. The third-order valence-electron chi connectivity index (χ3n) is 5.29. The lowest BCUT2D eigenvalue weighted by atomic mass is 10.0. The molecule has 4 rings (SSSR count). The van der Waals surface area contributed by atoms with Crippen molar-refractivity contribution in [3.8, 4) is 6.01 Å². The lowest BCUT2D eigenvalue weighted by Gasteiger charge is -2.38. The van der Waals surface area contributed by atoms with Gasteiger partial charge in [0, 0.05) is 48.6 Å². The van der Waals surface area contributed by atoms with Crippen molar-refractivity contribution in [3.63, 3.8) is 0 Å². The molecule has 1 aliphatic heterocycles. The van der Waals surface area contributed by atoms with Gasteiger partial charge in [0.25, 0.3) is 5.91 Å². The van der Waals surface area contributed by atoms with Crippen LogP contribution in [0, 0.1) is 6.92 Å². The number of ether oxygens (including phenoxy) is 1. The number of fused-ring (bicyclic) bond motifs is 1. The van der Waals surface area contributed by atoms with Crippen LogP contribution in [0.2, 0.25) is 0 Å². The highest BCUT2D eigenvalue weighted by molar-refractivity contribution is 6.14. The van der Waals surface area contributed by atoms with E-state index in [9.17, 15) is 4.79 Å². The van der Waals surface area contributed by atoms with Crippen molar-refractivity contribution < 1.29 is 9.53 Å². The molecule has 0 radical (unpaired) electrons. The predicted octanol–water partition coefficient (Wildman–Crippen LogP) is 2.78. The van der Waals surface area contributed by atoms with Crippen LogP contribution in [0.5, 0.6) is 6.01 Å². The summed E-state index contributed by atoms with van der Waals surface area (Å²) in [4.78, 5) is 28.5. The lowest BCUT2D eigenvalue weighted by molar-refractivity contribution is 0.102. The summed E-state index contributed by atoms with van der Waals surface area (Å²) in [6.45, 7) is 7.93. The summed E-state index contributed by atoms with van der Waals surface area (Å²) in [5.41, 5.74) is 3.47. The molecule has 3 aromatic rings. The Balaban J connectivity index is 1.77. The van der Waals surface area contributed by atoms with Crippen molar-refractivity contribution in [3.05, 3.63) is 47.9 Å². The van der Waals surface area contributed by atoms with Crippen LogP contribution in [0.1, 0.15) is 29.9 Å². The SMILES string of the molecule is COc1ncc2c(N3C[C@@H](C)N[C@H](C)C3)ccc(C(=O)Nc3cccnc3C)c2n1. The van der Waals surface area contributed by atoms with Gasteiger partial charge in [-0.05, 0) is 45.0 Å². The quantitative estimate of drug-likeness (QED) is 0.688. The predicted molar refractivity (Wildman–Crippen MR) is 117 cm³/mol. The highest BCUT2D eigenvalue weighted by Crippen LogP contribution is 2.31. The molecule has 3 heterocycles. The van der Waals surface area contributed by atoms with Crippen molar-refractivity contribution >= 4 is 28.2 Å². The first kappa shape index (κ1) is 20.0. The summed E-state index contributed by atoms with van der Waals surface area (Å²) in [6.07, 6.45) is 3.43. The number of methoxy groups -OCH3 is 1. The van der Waals surface area contributed by atoms with Gasteiger partial charge in [-0.25, -0.2) is 4.98 Å². The number of carbonyl (C=O) groups excluding carboxylic acids is 1. The summed E-state index contributed by atoms with van der Waals surface area (Å²) in [7, 11) is 1.52. The number of hydrogen-bond acceptors (Lipinski definition) is 7. The van der Waals surface area contributed by atoms with Gasteiger partial charge in [-0.1, -0.05) is 0 Å². The molecule has 1 saturated heterocycles. The molecule has 0 saturated carbocycles. The average Bonchev–Trinajstić information content (AvgIpc) is 2.73. The monoisotopic (exact) mass is 406 g/mol. The summed E-state index contributed by atoms with van der Waals surface area (Å²) in [5.74, 6) is -0.245. The fraction of sp³-hybridized carbons (Fsp3) is 0.364. The Morgan fingerprint density at radius 2 is 1.97 bits per heavy atom. The molecule has 30 heavy (non-hydrogen) atoms. The number of rotatable bonds is 4. The van der Waals surface area contributed by atoms with Gasteiger partial charge in [0.15, 0.2) is 0 Å². The molecule has 1 fully saturated rings. The Morgan fingerprint density at radius 1 is 1.20 bits per heavy atom. The number of nitrogens with zero attached hydrogens (tertiary/aromatic N) is 4. The van der Waals surface area contributed by atoms with Crippen molar-refractivity contribution in [2.75, 3.05) is 30.4 Å². The molecule has 8 heteroatoms. The number of aromatic nitrogens is 3. The van der Waals surface area contributed by atoms with Gasteiger partial charge in [-0.15, -0.1) is 0 Å². The summed E-state index contributed by atoms with van der Waals surface area (Å²) < 4.78 is 5.23. The van der Waals surface area contributed by atoms with E-state index in [1.165, 1.54) is 7.11 Å². The molecule has 2 aromatic heterocycles. The van der Waals surface area contributed by atoms with Gasteiger partial charge in [0.05, 0.1) is 29.6 Å². The number of carbonyl (C=O) groups is 1. The Hall–Kier alpha value is -3.26. The molecule has 156 valence electrons. The first-order valence-electron chi connectivity index (χ1n) is 10.0. The Morgan fingerprint density at radius 3 is 2.67 bits per heavy atom. The second-order valence-corrected chi connectivity index (χ2v) is 7.72. The van der Waals surface area contributed by atoms with Gasteiger partial charge in [0.1, 0.15) is 0 Å². The number of benzene rings is 1. The molecule has 0 bridgehead atoms. The van der Waals surface area contributed by atoms with Crippen LogP contribution in [0.25, 0.3) is 10.9 Å². The number of piperazine rings is 1. The van der Waals surface area contributed by atoms with Crippen LogP contribution in [0.4, 0.5) is 11.4 Å². The molecule has 8 nitrogen and oxygen atoms in total. The number of hydrogen-bond donors (Lipinski definition) is 2. The zero-order valence-corrected chi connectivity index (χ0v) is 17.6. The zero-order valence-electron chi connectivity index (χ0n) is 17.6. The van der Waals surface area contributed by atoms with Crippen molar-refractivity contribution in [2.45, 2.75) is 32.9 Å². The van der Waals surface area contributed by atoms with Crippen LogP contribution in [-0.4, -0.2) is 53.1 Å². The largest absolute Gasteiger partial charge is 0.467 e. The summed E-state index contributed by atoms with van der Waals surface area (Å²) in [5, 5.41) is 7.31. The minimum absolute atomic E-state index is 0.230. The standard InChI is InChI=1S/C22H26N6O2/c1-13-11-28(12-14(2)25-13)19-8-7-16(20-17(19)10-24-22(27-20)30-4)21(29)26-18-6-5-9-23-15(18)3/h5-10,13-14,25H,11-12H2,1-4H3,(H,26,29)/t13-,14-/m1/s1. The number of anilines is 2. The minimum Gasteiger partial charge on any atom is -0.467 e. The molecule has 2 N–H and O–H groups in total. The Bertz CT molecular complexity index is 1080. The third kappa shape index (κ3) is 3.91. The number of amides is 1. The van der Waals surface area contributed by atoms with Gasteiger partial charge < -0.3 is 20.3 Å². The van der Waals surface area contributed by atoms with Crippen LogP contribution >= 0.6 is 0 Å². The smallest absolute Gasteiger partial charge is 0.316 e. The fourth-order valence-corrected chi connectivity index (χ4v) is 3.98. The number of nitrogens with one attached hydrogen (secondary N) is 2. The number of aryl methyl sites for hydroxylation is 1. The van der Waals surface area contributed by atoms with Gasteiger partial charge >= 0.3 is 6.01 Å². The van der Waals surface area contributed by atoms with E-state index < -0.39 is 0 Å². The van der Waals surface area contributed by atoms with E-state index >= 15 is 0 Å². The van der Waals surface area contributed by atoms with E-state index in [1.54, 1.807) is 18.5 Å². The number of pyridine rings is 1. The second kappa shape index (κ2) is 8.23. The molecule has 1 aliphatic rings. The van der Waals surface area contributed by atoms with Crippen LogP contribution in [0.3, 0.4) is 0 Å². The minimum atomic E-state index is -0.245. The molecule has 0 unspecified atom stereocenters. The van der Waals surface area contributed by atoms with E-state index in [-0.39, 0.29) is 11.9 Å². The molecule has 0 spiro atoms. The van der Waals surface area contributed by atoms with Crippen molar-refractivity contribution in [1.82, 2.24) is 20.3 Å². The summed E-state index contributed by atoms with van der Waals surface area (Å²) >= 11 is 0. The maximum absolute atomic E-state index is 13.1. The van der Waals surface area contributed by atoms with E-state index in [0.717, 1.165) is 29.9 Å². The fourth-order valence-electron chi connectivity index (χ4n) is 3.98. The highest BCUT2D eigenvalue weighted by Gasteiger charge is 2.24. The molecule has 2 atom stereocenters. The maximum atomic E-state index is 13.1. The van der Waals surface area contributed by atoms with E-state index in [4.69, 9.17) is 4.74 Å². The normalized spacial score (nSPS) is 19.0. The van der Waals surface area contributed by atoms with Gasteiger partial charge in [-0.2, -0.15) is 4.98 Å². The molecular weight excluding hydrogens is 380 g/mol. The molecule has 1 amide bonds. The first-order chi connectivity index (χ1) is 14.5. The topological polar surface area (TPSA) is 92.3 Å². The Labute approximate surface area is 175 Å². The van der Waals surface area contributed by atoms with Crippen molar-refractivity contribution in [2.24, 2.45) is 0 Å².